The standard InChI is InChI=1S/C18H22O5S.Na/c1-2-3-4-6-9-14-12-16(19)17(13-18(14)24(20,21)22)23-15-10-7-5-8-11-15;/h5,7-8,10-13,19H,2-4,6,9H2,1H3,(H,20,21,22);/q;+1/p-1. The predicted octanol–water partition coefficient (Wildman–Crippen LogP) is 0.926. The van der Waals surface area contributed by atoms with Gasteiger partial charge in [-0.1, -0.05) is 56.2 Å². The normalized spacial score (nSPS) is 11.0. The number of ether oxygens (including phenoxy) is 1. The van der Waals surface area contributed by atoms with E-state index in [1.54, 1.807) is 30.3 Å². The van der Waals surface area contributed by atoms with E-state index in [-0.39, 0.29) is 40.2 Å². The topological polar surface area (TPSA) is 86.7 Å². The van der Waals surface area contributed by atoms with Gasteiger partial charge in [-0.2, -0.15) is 8.42 Å². The minimum atomic E-state index is -4.43. The van der Waals surface area contributed by atoms with Gasteiger partial charge in [0.15, 0.2) is 0 Å². The van der Waals surface area contributed by atoms with E-state index in [1.807, 2.05) is 0 Å². The number of rotatable bonds is 8. The first-order chi connectivity index (χ1) is 11.4. The van der Waals surface area contributed by atoms with E-state index in [4.69, 9.17) is 4.74 Å². The Kier molecular flexibility index (Phi) is 8.96. The zero-order valence-corrected chi connectivity index (χ0v) is 17.4. The quantitative estimate of drug-likeness (QED) is 0.423. The number of hydrogen-bond acceptors (Lipinski definition) is 4. The molecule has 7 heteroatoms. The van der Waals surface area contributed by atoms with Gasteiger partial charge in [-0.3, -0.25) is 4.55 Å². The van der Waals surface area contributed by atoms with E-state index in [1.165, 1.54) is 6.07 Å². The van der Waals surface area contributed by atoms with Gasteiger partial charge >= 0.3 is 29.6 Å². The molecule has 1 N–H and O–H groups in total. The molecule has 0 amide bonds. The third kappa shape index (κ3) is 6.64. The van der Waals surface area contributed by atoms with E-state index >= 15 is 0 Å². The second-order valence-electron chi connectivity index (χ2n) is 5.61. The molecule has 0 radical (unpaired) electrons. The van der Waals surface area contributed by atoms with E-state index < -0.39 is 15.9 Å². The molecule has 2 aromatic rings. The van der Waals surface area contributed by atoms with Crippen molar-refractivity contribution in [3.63, 3.8) is 0 Å². The maximum Gasteiger partial charge on any atom is 1.00 e. The van der Waals surface area contributed by atoms with Gasteiger partial charge in [0.25, 0.3) is 10.1 Å². The van der Waals surface area contributed by atoms with Crippen LogP contribution < -0.4 is 39.4 Å². The van der Waals surface area contributed by atoms with Crippen molar-refractivity contribution < 1.29 is 52.4 Å². The van der Waals surface area contributed by atoms with Crippen molar-refractivity contribution in [1.29, 1.82) is 0 Å². The zero-order valence-electron chi connectivity index (χ0n) is 14.6. The van der Waals surface area contributed by atoms with Crippen LogP contribution in [0.5, 0.6) is 17.2 Å². The molecular formula is C18H21NaO5S. The van der Waals surface area contributed by atoms with Crippen molar-refractivity contribution in [2.24, 2.45) is 0 Å². The number of para-hydroxylation sites is 1. The summed E-state index contributed by atoms with van der Waals surface area (Å²) in [6, 6.07) is 11.0. The van der Waals surface area contributed by atoms with Crippen LogP contribution in [0.2, 0.25) is 0 Å². The molecule has 5 nitrogen and oxygen atoms in total. The van der Waals surface area contributed by atoms with E-state index in [2.05, 4.69) is 6.92 Å². The Morgan fingerprint density at radius 3 is 2.36 bits per heavy atom. The summed E-state index contributed by atoms with van der Waals surface area (Å²) in [5, 5.41) is 12.2. The Labute approximate surface area is 171 Å². The summed E-state index contributed by atoms with van der Waals surface area (Å²) in [5.41, 5.74) is 0.332. The number of unbranched alkanes of at least 4 members (excludes halogenated alkanes) is 3. The predicted molar refractivity (Wildman–Crippen MR) is 90.1 cm³/mol. The van der Waals surface area contributed by atoms with Gasteiger partial charge in [-0.15, -0.1) is 0 Å². The summed E-state index contributed by atoms with van der Waals surface area (Å²) >= 11 is 0. The third-order valence-electron chi connectivity index (χ3n) is 3.68. The summed E-state index contributed by atoms with van der Waals surface area (Å²) in [7, 11) is -4.43. The van der Waals surface area contributed by atoms with Gasteiger partial charge in [0.1, 0.15) is 16.4 Å². The van der Waals surface area contributed by atoms with E-state index in [0.29, 0.717) is 17.7 Å². The Balaban J connectivity index is 0.00000312. The molecule has 2 aromatic carbocycles. The second-order valence-corrected chi connectivity index (χ2v) is 7.00. The van der Waals surface area contributed by atoms with Gasteiger partial charge < -0.3 is 9.84 Å². The molecule has 2 rings (SSSR count). The summed E-state index contributed by atoms with van der Waals surface area (Å²) < 4.78 is 38.2. The average Bonchev–Trinajstić information content (AvgIpc) is 2.53. The monoisotopic (exact) mass is 372 g/mol. The molecule has 0 aromatic heterocycles. The molecule has 25 heavy (non-hydrogen) atoms. The van der Waals surface area contributed by atoms with Gasteiger partial charge in [-0.05, 0) is 30.5 Å². The Morgan fingerprint density at radius 2 is 1.76 bits per heavy atom. The smallest absolute Gasteiger partial charge is 0.870 e. The fraction of sp³-hybridized carbons (Fsp3) is 0.333. The van der Waals surface area contributed by atoms with Crippen LogP contribution in [-0.2, 0) is 16.5 Å². The van der Waals surface area contributed by atoms with Gasteiger partial charge in [-0.25, -0.2) is 0 Å². The van der Waals surface area contributed by atoms with Crippen LogP contribution in [0.1, 0.15) is 38.2 Å². The zero-order chi connectivity index (χ0) is 17.6. The van der Waals surface area contributed by atoms with E-state index in [9.17, 15) is 18.1 Å². The molecular weight excluding hydrogens is 351 g/mol. The largest absolute Gasteiger partial charge is 1.00 e. The Morgan fingerprint density at radius 1 is 1.08 bits per heavy atom. The molecule has 130 valence electrons. The maximum atomic E-state index is 12.2. The van der Waals surface area contributed by atoms with Crippen molar-refractivity contribution in [3.8, 4) is 17.2 Å². The summed E-state index contributed by atoms with van der Waals surface area (Å²) in [4.78, 5) is -0.260. The van der Waals surface area contributed by atoms with Crippen molar-refractivity contribution in [1.82, 2.24) is 0 Å². The van der Waals surface area contributed by atoms with Gasteiger partial charge in [0.05, 0.1) is 0 Å². The molecule has 0 heterocycles. The summed E-state index contributed by atoms with van der Waals surface area (Å²) in [5.74, 6) is -0.102. The van der Waals surface area contributed by atoms with Crippen LogP contribution in [0.4, 0.5) is 0 Å². The molecule has 0 bridgehead atoms. The van der Waals surface area contributed by atoms with Crippen LogP contribution in [-0.4, -0.2) is 13.0 Å². The van der Waals surface area contributed by atoms with Crippen LogP contribution in [0, 0.1) is 0 Å². The molecule has 0 aliphatic carbocycles. The van der Waals surface area contributed by atoms with Crippen molar-refractivity contribution in [3.05, 3.63) is 48.0 Å². The molecule has 0 aliphatic rings. The number of aryl methyl sites for hydroxylation is 1. The van der Waals surface area contributed by atoms with Crippen LogP contribution in [0.15, 0.2) is 47.4 Å². The van der Waals surface area contributed by atoms with Crippen LogP contribution in [0.3, 0.4) is 0 Å². The van der Waals surface area contributed by atoms with Crippen LogP contribution in [0.25, 0.3) is 0 Å². The van der Waals surface area contributed by atoms with Crippen LogP contribution >= 0.6 is 0 Å². The third-order valence-corrected chi connectivity index (χ3v) is 4.61. The second kappa shape index (κ2) is 10.2. The molecule has 0 atom stereocenters. The Hall–Kier alpha value is -1.05. The summed E-state index contributed by atoms with van der Waals surface area (Å²) in [6.07, 6.45) is 4.23. The summed E-state index contributed by atoms with van der Waals surface area (Å²) in [6.45, 7) is 2.08. The number of benzene rings is 2. The SMILES string of the molecule is CCCCCCc1cc([O-])c(Oc2ccccc2)cc1S(=O)(=O)O.[Na+]. The van der Waals surface area contributed by atoms with Crippen molar-refractivity contribution in [2.45, 2.75) is 43.9 Å². The van der Waals surface area contributed by atoms with Crippen molar-refractivity contribution >= 4 is 10.1 Å². The first-order valence-corrected chi connectivity index (χ1v) is 9.40. The fourth-order valence-corrected chi connectivity index (χ4v) is 3.20. The first kappa shape index (κ1) is 22.0. The molecule has 0 saturated heterocycles. The van der Waals surface area contributed by atoms with Gasteiger partial charge in [0.2, 0.25) is 0 Å². The average molecular weight is 372 g/mol. The van der Waals surface area contributed by atoms with E-state index in [0.717, 1.165) is 31.7 Å². The maximum absolute atomic E-state index is 12.2. The molecule has 0 fully saturated rings. The first-order valence-electron chi connectivity index (χ1n) is 7.96. The van der Waals surface area contributed by atoms with Crippen molar-refractivity contribution in [2.75, 3.05) is 0 Å². The fourth-order valence-electron chi connectivity index (χ4n) is 2.46. The minimum absolute atomic E-state index is 0. The number of hydrogen-bond donors (Lipinski definition) is 1. The molecule has 0 unspecified atom stereocenters. The molecule has 0 spiro atoms. The Bertz CT molecular complexity index is 776. The molecule has 0 saturated carbocycles. The van der Waals surface area contributed by atoms with Gasteiger partial charge in [0, 0.05) is 6.07 Å². The molecule has 0 aliphatic heterocycles. The minimum Gasteiger partial charge on any atom is -0.870 e.